The number of aromatic nitrogens is 4. The lowest BCUT2D eigenvalue weighted by Crippen LogP contribution is -2.45. The zero-order chi connectivity index (χ0) is 18.1. The van der Waals surface area contributed by atoms with Crippen LogP contribution < -0.4 is 10.2 Å². The fourth-order valence-corrected chi connectivity index (χ4v) is 3.50. The van der Waals surface area contributed by atoms with Crippen LogP contribution in [0.1, 0.15) is 28.9 Å². The average molecular weight is 350 g/mol. The van der Waals surface area contributed by atoms with Crippen LogP contribution in [-0.2, 0) is 7.05 Å². The van der Waals surface area contributed by atoms with Crippen molar-refractivity contribution < 1.29 is 4.79 Å². The molecule has 1 saturated heterocycles. The molecule has 0 bridgehead atoms. The zero-order valence-corrected chi connectivity index (χ0v) is 15.0. The highest BCUT2D eigenvalue weighted by atomic mass is 16.1. The van der Waals surface area contributed by atoms with E-state index in [0.29, 0.717) is 5.56 Å². The summed E-state index contributed by atoms with van der Waals surface area (Å²) >= 11 is 0. The highest BCUT2D eigenvalue weighted by molar-refractivity contribution is 5.94. The number of hydrogen-bond donors (Lipinski definition) is 1. The van der Waals surface area contributed by atoms with Crippen LogP contribution in [0.2, 0.25) is 0 Å². The highest BCUT2D eigenvalue weighted by Gasteiger charge is 2.24. The van der Waals surface area contributed by atoms with Gasteiger partial charge >= 0.3 is 0 Å². The number of aryl methyl sites for hydroxylation is 2. The molecule has 7 heteroatoms. The van der Waals surface area contributed by atoms with Gasteiger partial charge in [-0.15, -0.1) is 5.10 Å². The van der Waals surface area contributed by atoms with Crippen LogP contribution in [0.25, 0.3) is 10.8 Å². The Balaban J connectivity index is 1.44. The summed E-state index contributed by atoms with van der Waals surface area (Å²) in [6.45, 7) is 3.68. The number of nitrogens with zero attached hydrogens (tertiary/aromatic N) is 5. The molecule has 1 aliphatic rings. The lowest BCUT2D eigenvalue weighted by atomic mass is 10.0. The second-order valence-corrected chi connectivity index (χ2v) is 6.79. The number of carbonyl (C=O) groups excluding carboxylic acids is 1. The zero-order valence-electron chi connectivity index (χ0n) is 15.0. The van der Waals surface area contributed by atoms with E-state index in [-0.39, 0.29) is 11.9 Å². The third-order valence-corrected chi connectivity index (χ3v) is 4.95. The molecule has 1 amide bonds. The van der Waals surface area contributed by atoms with Crippen molar-refractivity contribution in [3.05, 3.63) is 47.9 Å². The molecule has 0 radical (unpaired) electrons. The molecule has 1 aromatic carbocycles. The van der Waals surface area contributed by atoms with Gasteiger partial charge in [0.25, 0.3) is 5.91 Å². The van der Waals surface area contributed by atoms with E-state index in [9.17, 15) is 4.79 Å². The van der Waals surface area contributed by atoms with Crippen molar-refractivity contribution in [2.24, 2.45) is 7.05 Å². The Bertz CT molecular complexity index is 942. The molecule has 4 rings (SSSR count). The van der Waals surface area contributed by atoms with Crippen molar-refractivity contribution in [2.75, 3.05) is 18.0 Å². The quantitative estimate of drug-likeness (QED) is 0.783. The van der Waals surface area contributed by atoms with Gasteiger partial charge in [0, 0.05) is 43.1 Å². The minimum absolute atomic E-state index is 0.0582. The number of benzene rings is 1. The summed E-state index contributed by atoms with van der Waals surface area (Å²) in [5, 5.41) is 18.2. The van der Waals surface area contributed by atoms with E-state index < -0.39 is 0 Å². The molecule has 7 nitrogen and oxygen atoms in total. The SMILES string of the molecule is Cc1nnc(N2CCC(NC(=O)c3cnn(C)c3)CC2)c2ccccc12. The molecule has 134 valence electrons. The Morgan fingerprint density at radius 3 is 2.58 bits per heavy atom. The average Bonchev–Trinajstić information content (AvgIpc) is 3.10. The first-order valence-corrected chi connectivity index (χ1v) is 8.88. The molecular weight excluding hydrogens is 328 g/mol. The lowest BCUT2D eigenvalue weighted by Gasteiger charge is -2.33. The maximum absolute atomic E-state index is 12.3. The number of amides is 1. The van der Waals surface area contributed by atoms with Crippen LogP contribution in [0.5, 0.6) is 0 Å². The molecule has 3 aromatic rings. The summed E-state index contributed by atoms with van der Waals surface area (Å²) in [6.07, 6.45) is 5.10. The summed E-state index contributed by atoms with van der Waals surface area (Å²) in [5.41, 5.74) is 1.55. The molecule has 1 N–H and O–H groups in total. The molecule has 0 spiro atoms. The summed E-state index contributed by atoms with van der Waals surface area (Å²) < 4.78 is 1.64. The molecule has 0 unspecified atom stereocenters. The first kappa shape index (κ1) is 16.5. The first-order valence-electron chi connectivity index (χ1n) is 8.88. The van der Waals surface area contributed by atoms with E-state index in [1.807, 2.05) is 26.1 Å². The summed E-state index contributed by atoms with van der Waals surface area (Å²) in [4.78, 5) is 14.6. The van der Waals surface area contributed by atoms with Crippen molar-refractivity contribution in [2.45, 2.75) is 25.8 Å². The van der Waals surface area contributed by atoms with Crippen LogP contribution in [-0.4, -0.2) is 45.0 Å². The maximum atomic E-state index is 12.3. The molecule has 2 aromatic heterocycles. The fourth-order valence-electron chi connectivity index (χ4n) is 3.50. The van der Waals surface area contributed by atoms with Crippen LogP contribution >= 0.6 is 0 Å². The van der Waals surface area contributed by atoms with Gasteiger partial charge in [-0.05, 0) is 19.8 Å². The molecule has 1 aliphatic heterocycles. The van der Waals surface area contributed by atoms with Crippen LogP contribution in [0.3, 0.4) is 0 Å². The Labute approximate surface area is 152 Å². The number of hydrogen-bond acceptors (Lipinski definition) is 5. The monoisotopic (exact) mass is 350 g/mol. The number of fused-ring (bicyclic) bond motifs is 1. The van der Waals surface area contributed by atoms with Crippen LogP contribution in [0.4, 0.5) is 5.82 Å². The van der Waals surface area contributed by atoms with E-state index in [4.69, 9.17) is 0 Å². The van der Waals surface area contributed by atoms with Crippen molar-refractivity contribution in [1.29, 1.82) is 0 Å². The molecule has 0 atom stereocenters. The minimum Gasteiger partial charge on any atom is -0.354 e. The van der Waals surface area contributed by atoms with E-state index in [1.165, 1.54) is 0 Å². The number of rotatable bonds is 3. The molecule has 26 heavy (non-hydrogen) atoms. The normalized spacial score (nSPS) is 15.4. The van der Waals surface area contributed by atoms with Gasteiger partial charge in [-0.1, -0.05) is 24.3 Å². The summed E-state index contributed by atoms with van der Waals surface area (Å²) in [5.74, 6) is 0.875. The third kappa shape index (κ3) is 3.12. The highest BCUT2D eigenvalue weighted by Crippen LogP contribution is 2.27. The van der Waals surface area contributed by atoms with Gasteiger partial charge in [-0.2, -0.15) is 10.2 Å². The molecule has 1 fully saturated rings. The third-order valence-electron chi connectivity index (χ3n) is 4.95. The standard InChI is InChI=1S/C19H22N6O/c1-13-16-5-3-4-6-17(16)18(23-22-13)25-9-7-15(8-10-25)21-19(26)14-11-20-24(2)12-14/h3-6,11-12,15H,7-10H2,1-2H3,(H,21,26). The molecule has 0 aliphatic carbocycles. The Hall–Kier alpha value is -2.96. The van der Waals surface area contributed by atoms with Gasteiger partial charge in [-0.25, -0.2) is 0 Å². The van der Waals surface area contributed by atoms with Crippen molar-refractivity contribution >= 4 is 22.5 Å². The lowest BCUT2D eigenvalue weighted by molar-refractivity contribution is 0.0931. The van der Waals surface area contributed by atoms with Crippen molar-refractivity contribution in [1.82, 2.24) is 25.3 Å². The molecule has 0 saturated carbocycles. The van der Waals surface area contributed by atoms with Crippen molar-refractivity contribution in [3.63, 3.8) is 0 Å². The maximum Gasteiger partial charge on any atom is 0.254 e. The Morgan fingerprint density at radius 2 is 1.88 bits per heavy atom. The Kier molecular flexibility index (Phi) is 4.28. The number of piperidine rings is 1. The van der Waals surface area contributed by atoms with Gasteiger partial charge in [-0.3, -0.25) is 9.48 Å². The Morgan fingerprint density at radius 1 is 1.15 bits per heavy atom. The smallest absolute Gasteiger partial charge is 0.254 e. The fraction of sp³-hybridized carbons (Fsp3) is 0.368. The van der Waals surface area contributed by atoms with Gasteiger partial charge < -0.3 is 10.2 Å². The topological polar surface area (TPSA) is 75.9 Å². The van der Waals surface area contributed by atoms with Crippen LogP contribution in [0.15, 0.2) is 36.7 Å². The van der Waals surface area contributed by atoms with Gasteiger partial charge in [0.1, 0.15) is 0 Å². The van der Waals surface area contributed by atoms with E-state index >= 15 is 0 Å². The summed E-state index contributed by atoms with van der Waals surface area (Å²) in [6, 6.07) is 8.42. The van der Waals surface area contributed by atoms with Crippen LogP contribution in [0, 0.1) is 6.92 Å². The second-order valence-electron chi connectivity index (χ2n) is 6.79. The van der Waals surface area contributed by atoms with E-state index in [2.05, 4.69) is 37.6 Å². The molecule has 3 heterocycles. The number of nitrogens with one attached hydrogen (secondary N) is 1. The van der Waals surface area contributed by atoms with Gasteiger partial charge in [0.15, 0.2) is 5.82 Å². The van der Waals surface area contributed by atoms with E-state index in [1.54, 1.807) is 17.1 Å². The first-order chi connectivity index (χ1) is 12.6. The predicted octanol–water partition coefficient (Wildman–Crippen LogP) is 2.07. The van der Waals surface area contributed by atoms with E-state index in [0.717, 1.165) is 48.2 Å². The van der Waals surface area contributed by atoms with Gasteiger partial charge in [0.05, 0.1) is 17.5 Å². The van der Waals surface area contributed by atoms with Crippen molar-refractivity contribution in [3.8, 4) is 0 Å². The number of anilines is 1. The largest absolute Gasteiger partial charge is 0.354 e. The van der Waals surface area contributed by atoms with Gasteiger partial charge in [0.2, 0.25) is 0 Å². The minimum atomic E-state index is -0.0582. The number of carbonyl (C=O) groups is 1. The predicted molar refractivity (Wildman–Crippen MR) is 100 cm³/mol. The molecular formula is C19H22N6O. The second kappa shape index (κ2) is 6.74. The summed E-state index contributed by atoms with van der Waals surface area (Å²) in [7, 11) is 1.81.